The molecular weight excluding hydrogens is 574 g/mol. The summed E-state index contributed by atoms with van der Waals surface area (Å²) >= 11 is 1.72. The molecule has 5 rings (SSSR count). The van der Waals surface area contributed by atoms with Crippen molar-refractivity contribution >= 4 is 29.2 Å². The summed E-state index contributed by atoms with van der Waals surface area (Å²) in [5.41, 5.74) is 4.84. The highest BCUT2D eigenvalue weighted by Gasteiger charge is 2.45. The third-order valence-electron chi connectivity index (χ3n) is 8.16. The van der Waals surface area contributed by atoms with Crippen molar-refractivity contribution < 1.29 is 28.5 Å². The lowest BCUT2D eigenvalue weighted by Gasteiger charge is -2.36. The molecule has 8 heteroatoms. The van der Waals surface area contributed by atoms with Crippen LogP contribution in [0.4, 0.5) is 0 Å². The molecule has 2 aliphatic rings. The smallest absolute Gasteiger partial charge is 0.315 e. The van der Waals surface area contributed by atoms with Crippen molar-refractivity contribution in [3.8, 4) is 17.2 Å². The summed E-state index contributed by atoms with van der Waals surface area (Å²) in [6, 6.07) is 23.4. The van der Waals surface area contributed by atoms with E-state index in [4.69, 9.17) is 23.9 Å². The van der Waals surface area contributed by atoms with Gasteiger partial charge in [0.25, 0.3) is 0 Å². The zero-order chi connectivity index (χ0) is 31.1. The Balaban J connectivity index is 1.49. The van der Waals surface area contributed by atoms with Gasteiger partial charge in [-0.3, -0.25) is 14.6 Å². The second-order valence-electron chi connectivity index (χ2n) is 10.9. The molecule has 0 saturated heterocycles. The second-order valence-corrected chi connectivity index (χ2v) is 12.3. The molecule has 0 spiro atoms. The fourth-order valence-electron chi connectivity index (χ4n) is 6.04. The Morgan fingerprint density at radius 3 is 2.48 bits per heavy atom. The number of hydrogen-bond acceptors (Lipinski definition) is 8. The average molecular weight is 614 g/mol. The van der Waals surface area contributed by atoms with Crippen molar-refractivity contribution in [2.24, 2.45) is 10.9 Å². The number of rotatable bonds is 12. The summed E-state index contributed by atoms with van der Waals surface area (Å²) < 4.78 is 22.8. The number of benzene rings is 3. The fourth-order valence-corrected chi connectivity index (χ4v) is 6.53. The van der Waals surface area contributed by atoms with E-state index in [0.29, 0.717) is 54.6 Å². The van der Waals surface area contributed by atoms with Gasteiger partial charge in [0.1, 0.15) is 24.9 Å². The van der Waals surface area contributed by atoms with Crippen molar-refractivity contribution in [1.29, 1.82) is 0 Å². The largest absolute Gasteiger partial charge is 0.493 e. The van der Waals surface area contributed by atoms with Crippen LogP contribution < -0.4 is 14.2 Å². The maximum Gasteiger partial charge on any atom is 0.315 e. The second kappa shape index (κ2) is 14.6. The molecule has 0 bridgehead atoms. The van der Waals surface area contributed by atoms with Gasteiger partial charge in [-0.05, 0) is 66.0 Å². The lowest BCUT2D eigenvalue weighted by Crippen LogP contribution is -2.38. The van der Waals surface area contributed by atoms with Gasteiger partial charge in [0.2, 0.25) is 0 Å². The molecule has 0 radical (unpaired) electrons. The monoisotopic (exact) mass is 613 g/mol. The van der Waals surface area contributed by atoms with E-state index >= 15 is 0 Å². The number of esters is 1. The minimum Gasteiger partial charge on any atom is -0.493 e. The molecule has 1 aliphatic carbocycles. The zero-order valence-corrected chi connectivity index (χ0v) is 26.5. The summed E-state index contributed by atoms with van der Waals surface area (Å²) in [7, 11) is 3.20. The fraction of sp³-hybridized carbons (Fsp3) is 0.361. The van der Waals surface area contributed by atoms with Crippen molar-refractivity contribution in [3.05, 3.63) is 101 Å². The Hall–Kier alpha value is -4.04. The first-order valence-electron chi connectivity index (χ1n) is 15.0. The molecule has 1 unspecified atom stereocenters. The molecule has 7 nitrogen and oxygen atoms in total. The standard InChI is InChI=1S/C36H39NO6S/c1-5-44-17-16-42-36(39)33-23(2)37-29-19-27(25-14-15-31(40-3)32(21-25)41-4)20-30(38)35(29)34(33)26-12-9-13-28(18-26)43-22-24-10-7-6-8-11-24/h6-15,18,21,27,33-34H,5,16-17,19-20,22H2,1-4H3/t27-,33?,34-/m0/s1. The van der Waals surface area contributed by atoms with Crippen LogP contribution in [0, 0.1) is 5.92 Å². The lowest BCUT2D eigenvalue weighted by atomic mass is 9.69. The molecule has 0 N–H and O–H groups in total. The first-order chi connectivity index (χ1) is 21.4. The molecule has 3 aromatic rings. The van der Waals surface area contributed by atoms with E-state index in [1.165, 1.54) is 0 Å². The predicted octanol–water partition coefficient (Wildman–Crippen LogP) is 7.15. The Morgan fingerprint density at radius 2 is 1.73 bits per heavy atom. The number of aliphatic imine (C=N–C) groups is 1. The highest BCUT2D eigenvalue weighted by atomic mass is 32.2. The summed E-state index contributed by atoms with van der Waals surface area (Å²) in [5.74, 6) is 1.93. The molecule has 3 aromatic carbocycles. The van der Waals surface area contributed by atoms with Gasteiger partial charge in [-0.1, -0.05) is 55.5 Å². The van der Waals surface area contributed by atoms with Gasteiger partial charge in [-0.15, -0.1) is 0 Å². The third-order valence-corrected chi connectivity index (χ3v) is 9.03. The van der Waals surface area contributed by atoms with E-state index in [1.54, 1.807) is 26.0 Å². The normalized spacial score (nSPS) is 19.6. The number of ether oxygens (including phenoxy) is 4. The lowest BCUT2D eigenvalue weighted by molar-refractivity contribution is -0.145. The minimum atomic E-state index is -0.702. The van der Waals surface area contributed by atoms with Crippen LogP contribution in [0.1, 0.15) is 55.2 Å². The Bertz CT molecular complexity index is 1550. The first kappa shape index (κ1) is 31.4. The van der Waals surface area contributed by atoms with Crippen molar-refractivity contribution in [2.75, 3.05) is 32.3 Å². The molecule has 230 valence electrons. The van der Waals surface area contributed by atoms with Gasteiger partial charge in [-0.2, -0.15) is 11.8 Å². The maximum atomic E-state index is 14.1. The van der Waals surface area contributed by atoms with E-state index in [1.807, 2.05) is 79.7 Å². The van der Waals surface area contributed by atoms with Crippen LogP contribution in [0.25, 0.3) is 0 Å². The Kier molecular flexibility index (Phi) is 10.4. The molecule has 3 atom stereocenters. The van der Waals surface area contributed by atoms with Crippen LogP contribution in [-0.4, -0.2) is 49.8 Å². The van der Waals surface area contributed by atoms with Gasteiger partial charge in [0, 0.05) is 35.1 Å². The van der Waals surface area contributed by atoms with Crippen LogP contribution in [0.3, 0.4) is 0 Å². The van der Waals surface area contributed by atoms with Crippen LogP contribution in [0.15, 0.2) is 89.1 Å². The predicted molar refractivity (Wildman–Crippen MR) is 174 cm³/mol. The number of Topliss-reactive ketones (excluding diaryl/α,β-unsaturated/α-hetero) is 1. The number of allylic oxidation sites excluding steroid dienone is 2. The van der Waals surface area contributed by atoms with E-state index in [9.17, 15) is 9.59 Å². The molecule has 0 saturated carbocycles. The van der Waals surface area contributed by atoms with Crippen LogP contribution in [0.2, 0.25) is 0 Å². The quantitative estimate of drug-likeness (QED) is 0.158. The number of methoxy groups -OCH3 is 2. The van der Waals surface area contributed by atoms with E-state index in [-0.39, 0.29) is 17.7 Å². The third kappa shape index (κ3) is 7.02. The van der Waals surface area contributed by atoms with E-state index in [2.05, 4.69) is 6.92 Å². The van der Waals surface area contributed by atoms with Crippen molar-refractivity contribution in [1.82, 2.24) is 0 Å². The highest BCUT2D eigenvalue weighted by molar-refractivity contribution is 7.99. The van der Waals surface area contributed by atoms with Crippen molar-refractivity contribution in [3.63, 3.8) is 0 Å². The van der Waals surface area contributed by atoms with Crippen molar-refractivity contribution in [2.45, 2.75) is 45.1 Å². The van der Waals surface area contributed by atoms with Crippen LogP contribution in [0.5, 0.6) is 17.2 Å². The molecular formula is C36H39NO6S. The summed E-state index contributed by atoms with van der Waals surface area (Å²) in [5, 5.41) is 0. The van der Waals surface area contributed by atoms with Gasteiger partial charge in [-0.25, -0.2) is 0 Å². The average Bonchev–Trinajstić information content (AvgIpc) is 3.05. The number of nitrogens with zero attached hydrogens (tertiary/aromatic N) is 1. The molecule has 0 aromatic heterocycles. The zero-order valence-electron chi connectivity index (χ0n) is 25.7. The molecule has 0 fully saturated rings. The SMILES string of the molecule is CCSCCOC(=O)C1C(C)=NC2=C(C(=O)C[C@@H](c3ccc(OC)c(OC)c3)C2)[C@H]1c1cccc(OCc2ccccc2)c1. The van der Waals surface area contributed by atoms with E-state index < -0.39 is 11.8 Å². The Morgan fingerprint density at radius 1 is 0.932 bits per heavy atom. The van der Waals surface area contributed by atoms with E-state index in [0.717, 1.165) is 33.9 Å². The van der Waals surface area contributed by atoms with Crippen LogP contribution >= 0.6 is 11.8 Å². The number of carbonyl (C=O) groups is 2. The minimum absolute atomic E-state index is 0.0118. The number of thioether (sulfide) groups is 1. The van der Waals surface area contributed by atoms with Crippen LogP contribution in [-0.2, 0) is 20.9 Å². The van der Waals surface area contributed by atoms with Gasteiger partial charge < -0.3 is 18.9 Å². The van der Waals surface area contributed by atoms with Gasteiger partial charge in [0.05, 0.1) is 14.2 Å². The maximum absolute atomic E-state index is 14.1. The molecule has 44 heavy (non-hydrogen) atoms. The number of carbonyl (C=O) groups excluding carboxylic acids is 2. The first-order valence-corrected chi connectivity index (χ1v) is 16.1. The molecule has 1 aliphatic heterocycles. The van der Waals surface area contributed by atoms with Gasteiger partial charge in [0.15, 0.2) is 17.3 Å². The Labute approximate surface area is 263 Å². The number of ketones is 1. The summed E-state index contributed by atoms with van der Waals surface area (Å²) in [6.45, 7) is 4.67. The topological polar surface area (TPSA) is 83.4 Å². The summed E-state index contributed by atoms with van der Waals surface area (Å²) in [4.78, 5) is 32.6. The highest BCUT2D eigenvalue weighted by Crippen LogP contribution is 2.48. The van der Waals surface area contributed by atoms with Gasteiger partial charge >= 0.3 is 5.97 Å². The molecule has 1 heterocycles. The number of hydrogen-bond donors (Lipinski definition) is 0. The summed E-state index contributed by atoms with van der Waals surface area (Å²) in [6.07, 6.45) is 0.877. The molecule has 0 amide bonds.